The molecule has 0 fully saturated rings. The van der Waals surface area contributed by atoms with Crippen LogP contribution >= 0.6 is 0 Å². The molecule has 2 N–H and O–H groups in total. The first kappa shape index (κ1) is 17.9. The zero-order chi connectivity index (χ0) is 18.5. The van der Waals surface area contributed by atoms with Crippen molar-refractivity contribution in [2.45, 2.75) is 39.2 Å². The number of nitrogens with zero attached hydrogens (tertiary/aromatic N) is 2. The topological polar surface area (TPSA) is 74.3 Å². The second-order valence-electron chi connectivity index (χ2n) is 6.55. The van der Waals surface area contributed by atoms with Crippen molar-refractivity contribution in [2.24, 2.45) is 0 Å². The smallest absolute Gasteiger partial charge is 0.319 e. The Bertz CT molecular complexity index is 792. The molecule has 6 heteroatoms. The highest BCUT2D eigenvalue weighted by atomic mass is 16.2. The van der Waals surface area contributed by atoms with Crippen LogP contribution in [0.4, 0.5) is 16.2 Å². The number of hydrogen-bond acceptors (Lipinski definition) is 3. The highest BCUT2D eigenvalue weighted by Gasteiger charge is 2.24. The van der Waals surface area contributed by atoms with Crippen LogP contribution in [0.25, 0.3) is 0 Å². The summed E-state index contributed by atoms with van der Waals surface area (Å²) >= 11 is 0. The number of pyridine rings is 1. The van der Waals surface area contributed by atoms with Gasteiger partial charge in [-0.3, -0.25) is 9.78 Å². The van der Waals surface area contributed by atoms with E-state index >= 15 is 0 Å². The molecule has 1 aliphatic heterocycles. The number of carbonyl (C=O) groups is 2. The highest BCUT2D eigenvalue weighted by Crippen LogP contribution is 2.31. The summed E-state index contributed by atoms with van der Waals surface area (Å²) in [4.78, 5) is 30.7. The number of fused-ring (bicyclic) bond motifs is 1. The highest BCUT2D eigenvalue weighted by molar-refractivity contribution is 6.07. The number of hydrogen-bond donors (Lipinski definition) is 2. The molecule has 0 spiro atoms. The Balaban J connectivity index is 1.82. The molecule has 2 heterocycles. The SMILES string of the molecule is CCC(C)NC(=O)Nc1ccc2c(c1)N(C(=O)c1cccnc1)CCC2. The van der Waals surface area contributed by atoms with Gasteiger partial charge in [-0.1, -0.05) is 13.0 Å². The van der Waals surface area contributed by atoms with E-state index in [9.17, 15) is 9.59 Å². The van der Waals surface area contributed by atoms with Crippen LogP contribution in [0.5, 0.6) is 0 Å². The predicted molar refractivity (Wildman–Crippen MR) is 103 cm³/mol. The molecule has 2 aromatic rings. The fraction of sp³-hybridized carbons (Fsp3) is 0.350. The number of carbonyl (C=O) groups excluding carboxylic acids is 2. The zero-order valence-electron chi connectivity index (χ0n) is 15.2. The average molecular weight is 352 g/mol. The van der Waals surface area contributed by atoms with Crippen molar-refractivity contribution in [2.75, 3.05) is 16.8 Å². The predicted octanol–water partition coefficient (Wildman–Crippen LogP) is 3.59. The van der Waals surface area contributed by atoms with Crippen molar-refractivity contribution in [1.82, 2.24) is 10.3 Å². The van der Waals surface area contributed by atoms with Gasteiger partial charge in [-0.05, 0) is 56.0 Å². The van der Waals surface area contributed by atoms with Crippen molar-refractivity contribution in [3.05, 3.63) is 53.9 Å². The second-order valence-corrected chi connectivity index (χ2v) is 6.55. The largest absolute Gasteiger partial charge is 0.335 e. The van der Waals surface area contributed by atoms with E-state index in [4.69, 9.17) is 0 Å². The number of nitrogens with one attached hydrogen (secondary N) is 2. The molecule has 1 atom stereocenters. The summed E-state index contributed by atoms with van der Waals surface area (Å²) in [6.07, 6.45) is 5.94. The molecule has 1 aromatic carbocycles. The molecule has 3 rings (SSSR count). The summed E-state index contributed by atoms with van der Waals surface area (Å²) in [5, 5.41) is 5.74. The molecule has 1 aromatic heterocycles. The molecule has 0 aliphatic carbocycles. The molecule has 3 amide bonds. The summed E-state index contributed by atoms with van der Waals surface area (Å²) < 4.78 is 0. The van der Waals surface area contributed by atoms with Gasteiger partial charge in [0.1, 0.15) is 0 Å². The Kier molecular flexibility index (Phi) is 5.51. The maximum Gasteiger partial charge on any atom is 0.319 e. The Morgan fingerprint density at radius 2 is 2.15 bits per heavy atom. The molecular formula is C20H24N4O2. The lowest BCUT2D eigenvalue weighted by Gasteiger charge is -2.30. The van der Waals surface area contributed by atoms with Crippen LogP contribution < -0.4 is 15.5 Å². The number of anilines is 2. The third-order valence-corrected chi connectivity index (χ3v) is 4.61. The van der Waals surface area contributed by atoms with E-state index in [0.717, 1.165) is 30.5 Å². The molecule has 0 bridgehead atoms. The number of benzene rings is 1. The summed E-state index contributed by atoms with van der Waals surface area (Å²) in [7, 11) is 0. The molecule has 0 radical (unpaired) electrons. The van der Waals surface area contributed by atoms with Crippen LogP contribution in [0.3, 0.4) is 0 Å². The van der Waals surface area contributed by atoms with Gasteiger partial charge in [-0.2, -0.15) is 0 Å². The normalized spacial score (nSPS) is 14.3. The van der Waals surface area contributed by atoms with Gasteiger partial charge in [0, 0.05) is 36.4 Å². The molecule has 1 unspecified atom stereocenters. The Labute approximate surface area is 153 Å². The summed E-state index contributed by atoms with van der Waals surface area (Å²) in [5.41, 5.74) is 3.21. The lowest BCUT2D eigenvalue weighted by atomic mass is 10.0. The van der Waals surface area contributed by atoms with Crippen LogP contribution in [-0.2, 0) is 6.42 Å². The van der Waals surface area contributed by atoms with Crippen molar-refractivity contribution in [3.63, 3.8) is 0 Å². The first-order chi connectivity index (χ1) is 12.6. The van der Waals surface area contributed by atoms with Crippen molar-refractivity contribution >= 4 is 23.3 Å². The fourth-order valence-electron chi connectivity index (χ4n) is 3.00. The number of aromatic nitrogens is 1. The first-order valence-electron chi connectivity index (χ1n) is 9.01. The van der Waals surface area contributed by atoms with Crippen molar-refractivity contribution in [3.8, 4) is 0 Å². The lowest BCUT2D eigenvalue weighted by Crippen LogP contribution is -2.37. The maximum absolute atomic E-state index is 12.9. The average Bonchev–Trinajstić information content (AvgIpc) is 2.67. The standard InChI is InChI=1S/C20H24N4O2/c1-3-14(2)22-20(26)23-17-9-8-15-7-5-11-24(18(15)12-17)19(25)16-6-4-10-21-13-16/h4,6,8-10,12-14H,3,5,7,11H2,1-2H3,(H2,22,23,26). The van der Waals surface area contributed by atoms with E-state index in [2.05, 4.69) is 15.6 Å². The van der Waals surface area contributed by atoms with Crippen LogP contribution in [-0.4, -0.2) is 29.5 Å². The molecular weight excluding hydrogens is 328 g/mol. The maximum atomic E-state index is 12.9. The van der Waals surface area contributed by atoms with Crippen LogP contribution in [0.15, 0.2) is 42.7 Å². The lowest BCUT2D eigenvalue weighted by molar-refractivity contribution is 0.0985. The number of amides is 3. The van der Waals surface area contributed by atoms with Gasteiger partial charge in [0.2, 0.25) is 0 Å². The second kappa shape index (κ2) is 7.99. The molecule has 6 nitrogen and oxygen atoms in total. The van der Waals surface area contributed by atoms with Gasteiger partial charge in [0.05, 0.1) is 5.56 Å². The van der Waals surface area contributed by atoms with E-state index in [-0.39, 0.29) is 18.0 Å². The van der Waals surface area contributed by atoms with E-state index < -0.39 is 0 Å². The van der Waals surface area contributed by atoms with Crippen LogP contribution in [0.2, 0.25) is 0 Å². The minimum absolute atomic E-state index is 0.0692. The van der Waals surface area contributed by atoms with E-state index in [1.807, 2.05) is 32.0 Å². The third kappa shape index (κ3) is 4.02. The minimum Gasteiger partial charge on any atom is -0.335 e. The zero-order valence-corrected chi connectivity index (χ0v) is 15.2. The van der Waals surface area contributed by atoms with E-state index in [1.165, 1.54) is 0 Å². The molecule has 26 heavy (non-hydrogen) atoms. The third-order valence-electron chi connectivity index (χ3n) is 4.61. The van der Waals surface area contributed by atoms with Crippen molar-refractivity contribution in [1.29, 1.82) is 0 Å². The molecule has 136 valence electrons. The number of urea groups is 1. The van der Waals surface area contributed by atoms with Gasteiger partial charge in [0.25, 0.3) is 5.91 Å². The van der Waals surface area contributed by atoms with Gasteiger partial charge >= 0.3 is 6.03 Å². The van der Waals surface area contributed by atoms with Crippen LogP contribution in [0.1, 0.15) is 42.6 Å². The van der Waals surface area contributed by atoms with E-state index in [0.29, 0.717) is 17.8 Å². The summed E-state index contributed by atoms with van der Waals surface area (Å²) in [6, 6.07) is 9.14. The fourth-order valence-corrected chi connectivity index (χ4v) is 3.00. The van der Waals surface area contributed by atoms with Gasteiger partial charge in [0.15, 0.2) is 0 Å². The Hall–Kier alpha value is -2.89. The van der Waals surface area contributed by atoms with E-state index in [1.54, 1.807) is 29.4 Å². The van der Waals surface area contributed by atoms with Crippen LogP contribution in [0, 0.1) is 0 Å². The monoisotopic (exact) mass is 352 g/mol. The molecule has 1 aliphatic rings. The first-order valence-corrected chi connectivity index (χ1v) is 9.01. The number of rotatable bonds is 4. The van der Waals surface area contributed by atoms with Gasteiger partial charge in [-0.15, -0.1) is 0 Å². The molecule has 0 saturated carbocycles. The van der Waals surface area contributed by atoms with Gasteiger partial charge < -0.3 is 15.5 Å². The Morgan fingerprint density at radius 1 is 1.31 bits per heavy atom. The number of aryl methyl sites for hydroxylation is 1. The Morgan fingerprint density at radius 3 is 2.88 bits per heavy atom. The van der Waals surface area contributed by atoms with Crippen molar-refractivity contribution < 1.29 is 9.59 Å². The summed E-state index contributed by atoms with van der Waals surface area (Å²) in [5.74, 6) is -0.0692. The van der Waals surface area contributed by atoms with Gasteiger partial charge in [-0.25, -0.2) is 4.79 Å². The quantitative estimate of drug-likeness (QED) is 0.883. The minimum atomic E-state index is -0.236. The summed E-state index contributed by atoms with van der Waals surface area (Å²) in [6.45, 7) is 4.63. The molecule has 0 saturated heterocycles.